The summed E-state index contributed by atoms with van der Waals surface area (Å²) in [5.41, 5.74) is 5.98. The number of benzene rings is 4. The molecule has 374 valence electrons. The number of esters is 1. The van der Waals surface area contributed by atoms with Crippen LogP contribution in [0.4, 0.5) is 0 Å². The molecule has 2 saturated heterocycles. The van der Waals surface area contributed by atoms with Gasteiger partial charge in [-0.3, -0.25) is 19.6 Å². The molecule has 2 aromatic heterocycles. The Balaban J connectivity index is 0.000000300. The van der Waals surface area contributed by atoms with Gasteiger partial charge in [0.1, 0.15) is 12.1 Å². The third-order valence-corrected chi connectivity index (χ3v) is 13.6. The number of hydrogen-bond donors (Lipinski definition) is 1. The number of aliphatic carboxylic acids is 1. The van der Waals surface area contributed by atoms with Crippen LogP contribution in [0.5, 0.6) is 0 Å². The number of ether oxygens (including phenoxy) is 1. The number of carbonyl (C=O) groups is 4. The number of aromatic nitrogens is 2. The van der Waals surface area contributed by atoms with Gasteiger partial charge in [-0.1, -0.05) is 133 Å². The minimum Gasteiger partial charge on any atom is -0.870 e. The Bertz CT molecular complexity index is 2460. The number of aryl methyl sites for hydroxylation is 2. The van der Waals surface area contributed by atoms with Gasteiger partial charge < -0.3 is 40.4 Å². The van der Waals surface area contributed by atoms with E-state index >= 15 is 0 Å². The zero-order chi connectivity index (χ0) is 48.5. The molecule has 14 nitrogen and oxygen atoms in total. The van der Waals surface area contributed by atoms with Crippen molar-refractivity contribution in [2.75, 3.05) is 47.4 Å². The van der Waals surface area contributed by atoms with Crippen LogP contribution in [0.1, 0.15) is 70.9 Å². The summed E-state index contributed by atoms with van der Waals surface area (Å²) in [7, 11) is 5.48. The Labute approximate surface area is 435 Å². The maximum absolute atomic E-state index is 14.0. The summed E-state index contributed by atoms with van der Waals surface area (Å²) in [6.45, 7) is 2.61. The van der Waals surface area contributed by atoms with Gasteiger partial charge in [0.05, 0.1) is 18.9 Å². The van der Waals surface area contributed by atoms with Crippen molar-refractivity contribution in [1.29, 1.82) is 0 Å². The Morgan fingerprint density at radius 3 is 1.25 bits per heavy atom. The molecule has 6 aromatic rings. The molecule has 4 aromatic carbocycles. The fraction of sp³-hybridized carbons (Fsp3) is 0.333. The van der Waals surface area contributed by atoms with E-state index in [4.69, 9.17) is 4.74 Å². The van der Waals surface area contributed by atoms with Crippen molar-refractivity contribution in [2.24, 2.45) is 0 Å². The predicted molar refractivity (Wildman–Crippen MR) is 273 cm³/mol. The molecule has 2 aliphatic heterocycles. The number of likely N-dealkylation sites (N-methyl/N-ethyl adjacent to an activating group) is 2. The second-order valence-electron chi connectivity index (χ2n) is 18.1. The smallest absolute Gasteiger partial charge is 0.870 e. The Morgan fingerprint density at radius 1 is 0.583 bits per heavy atom. The molecule has 0 radical (unpaired) electrons. The number of nitrogens with zero attached hydrogens (tertiary/aromatic N) is 6. The molecule has 4 atom stereocenters. The fourth-order valence-electron chi connectivity index (χ4n) is 9.74. The normalized spacial score (nSPS) is 17.0. The molecule has 8 rings (SSSR count). The van der Waals surface area contributed by atoms with Gasteiger partial charge in [0.15, 0.2) is 0 Å². The van der Waals surface area contributed by atoms with Crippen LogP contribution >= 0.6 is 0 Å². The van der Waals surface area contributed by atoms with Crippen LogP contribution in [0, 0.1) is 0 Å². The summed E-state index contributed by atoms with van der Waals surface area (Å²) >= 11 is 0. The van der Waals surface area contributed by atoms with Crippen LogP contribution in [0.2, 0.25) is 0 Å². The van der Waals surface area contributed by atoms with Crippen molar-refractivity contribution in [3.8, 4) is 0 Å². The van der Waals surface area contributed by atoms with Gasteiger partial charge in [-0.25, -0.2) is 9.59 Å². The van der Waals surface area contributed by atoms with E-state index < -0.39 is 29.9 Å². The summed E-state index contributed by atoms with van der Waals surface area (Å²) in [5, 5.41) is 9.96. The predicted octanol–water partition coefficient (Wildman–Crippen LogP) is 3.76. The van der Waals surface area contributed by atoms with Crippen LogP contribution in [0.15, 0.2) is 170 Å². The second kappa shape index (κ2) is 29.1. The van der Waals surface area contributed by atoms with E-state index in [0.29, 0.717) is 25.9 Å². The number of likely N-dealkylation sites (tertiary alicyclic amines) is 2. The monoisotopic (exact) mass is 971 g/mol. The molecule has 2 amide bonds. The van der Waals surface area contributed by atoms with E-state index in [2.05, 4.69) is 38.9 Å². The minimum absolute atomic E-state index is 0. The van der Waals surface area contributed by atoms with Gasteiger partial charge in [0, 0.05) is 50.0 Å². The number of hydrogen-bond acceptors (Lipinski definition) is 10. The number of pyridine rings is 2. The van der Waals surface area contributed by atoms with Crippen LogP contribution in [0.3, 0.4) is 0 Å². The van der Waals surface area contributed by atoms with Crippen molar-refractivity contribution in [3.05, 3.63) is 204 Å². The van der Waals surface area contributed by atoms with E-state index in [0.717, 1.165) is 61.0 Å². The molecule has 0 bridgehead atoms. The number of methoxy groups -OCH3 is 1. The Hall–Kier alpha value is -6.50. The van der Waals surface area contributed by atoms with E-state index in [9.17, 15) is 24.3 Å². The Morgan fingerprint density at radius 2 is 0.931 bits per heavy atom. The first-order valence-corrected chi connectivity index (χ1v) is 23.9. The summed E-state index contributed by atoms with van der Waals surface area (Å²) in [6, 6.07) is 45.5. The molecular weight excluding hydrogens is 904 g/mol. The first-order valence-electron chi connectivity index (χ1n) is 23.9. The maximum Gasteiger partial charge on any atom is 1.00 e. The van der Waals surface area contributed by atoms with Gasteiger partial charge in [0.2, 0.25) is 11.8 Å². The molecular formula is C57H67LiN6O8. The zero-order valence-corrected chi connectivity index (χ0v) is 41.8. The van der Waals surface area contributed by atoms with Crippen molar-refractivity contribution < 1.29 is 58.8 Å². The summed E-state index contributed by atoms with van der Waals surface area (Å²) < 4.78 is 5.11. The number of amides is 2. The number of carboxylic acids is 1. The SMILES string of the molecule is CN(CCCc1cccnc1)[C@H]1C[C@@H](C(=O)O)N(C(=O)C(c2ccccc2)c2ccccc2)C1.COC(=O)[C@@H]1C[C@H](N(C)CCCc2cccnc2)CN1C(=O)C(c1ccccc1)c1ccccc1.O.[Li+].[OH-]. The molecule has 0 spiro atoms. The molecule has 0 unspecified atom stereocenters. The van der Waals surface area contributed by atoms with Crippen LogP contribution < -0.4 is 18.9 Å². The van der Waals surface area contributed by atoms with E-state index in [-0.39, 0.29) is 59.7 Å². The average molecular weight is 971 g/mol. The number of carbonyl (C=O) groups excluding carboxylic acids is 3. The third kappa shape index (κ3) is 15.3. The minimum atomic E-state index is -0.945. The van der Waals surface area contributed by atoms with Crippen molar-refractivity contribution >= 4 is 23.8 Å². The zero-order valence-electron chi connectivity index (χ0n) is 41.8. The van der Waals surface area contributed by atoms with Crippen LogP contribution in [-0.4, -0.2) is 141 Å². The van der Waals surface area contributed by atoms with E-state index in [1.54, 1.807) is 22.2 Å². The van der Waals surface area contributed by atoms with Gasteiger partial charge in [-0.2, -0.15) is 0 Å². The van der Waals surface area contributed by atoms with Crippen LogP contribution in [0.25, 0.3) is 0 Å². The topological polar surface area (TPSA) is 198 Å². The molecule has 0 saturated carbocycles. The molecule has 2 fully saturated rings. The van der Waals surface area contributed by atoms with E-state index in [1.807, 2.05) is 153 Å². The van der Waals surface area contributed by atoms with Gasteiger partial charge >= 0.3 is 30.8 Å². The van der Waals surface area contributed by atoms with Crippen molar-refractivity contribution in [1.82, 2.24) is 29.6 Å². The maximum atomic E-state index is 14.0. The molecule has 2 aliphatic rings. The summed E-state index contributed by atoms with van der Waals surface area (Å²) in [5.74, 6) is -2.53. The number of carboxylic acid groups (broad SMARTS) is 1. The van der Waals surface area contributed by atoms with Gasteiger partial charge in [-0.05, 0) is 111 Å². The van der Waals surface area contributed by atoms with E-state index in [1.165, 1.54) is 18.2 Å². The molecule has 72 heavy (non-hydrogen) atoms. The molecule has 0 aliphatic carbocycles. The third-order valence-electron chi connectivity index (χ3n) is 13.6. The average Bonchev–Trinajstić information content (AvgIpc) is 4.06. The number of rotatable bonds is 18. The molecule has 15 heteroatoms. The second-order valence-corrected chi connectivity index (χ2v) is 18.1. The summed E-state index contributed by atoms with van der Waals surface area (Å²) in [6.07, 6.45) is 12.1. The van der Waals surface area contributed by atoms with Crippen molar-refractivity contribution in [3.63, 3.8) is 0 Å². The fourth-order valence-corrected chi connectivity index (χ4v) is 9.74. The first-order chi connectivity index (χ1) is 33.6. The quantitative estimate of drug-likeness (QED) is 0.0973. The first kappa shape index (κ1) is 58.1. The largest absolute Gasteiger partial charge is 1.00 e. The van der Waals surface area contributed by atoms with Gasteiger partial charge in [-0.15, -0.1) is 0 Å². The van der Waals surface area contributed by atoms with Crippen LogP contribution in [-0.2, 0) is 36.8 Å². The Kier molecular flexibility index (Phi) is 23.5. The standard InChI is InChI=1S/C29H33N3O3.C28H31N3O3.Li.2H2O/c1-31(18-10-12-22-11-9-17-30-20-22)25-19-26(29(34)35-2)32(21-25)28(33)27(23-13-5-3-6-14-23)24-15-7-4-8-16-24;1-30(17-9-11-21-10-8-16-29-19-21)24-18-25(28(33)34)31(20-24)27(32)26(22-12-4-2-5-13-22)23-14-6-3-7-15-23;;;/h3-9,11,13-17,20,25-27H,10,12,18-19,21H2,1-2H3;2-8,10,12-16,19,24-26H,9,11,17-18,20H2,1H3,(H,33,34);;2*1H2/q;;+1;;/p-1/t25-,26-;24-,25-;;;/m00.../s1. The molecule has 4 heterocycles. The molecule has 4 N–H and O–H groups in total. The van der Waals surface area contributed by atoms with Gasteiger partial charge in [0.25, 0.3) is 0 Å². The van der Waals surface area contributed by atoms with Crippen molar-refractivity contribution in [2.45, 2.75) is 74.5 Å². The summed E-state index contributed by atoms with van der Waals surface area (Å²) in [4.78, 5) is 68.9.